The maximum Gasteiger partial charge on any atom is 0.191 e. The van der Waals surface area contributed by atoms with Gasteiger partial charge < -0.3 is 25.2 Å². The molecule has 1 atom stereocenters. The largest absolute Gasteiger partial charge is 0.493 e. The first-order chi connectivity index (χ1) is 13.5. The van der Waals surface area contributed by atoms with Gasteiger partial charge in [0.25, 0.3) is 0 Å². The van der Waals surface area contributed by atoms with Crippen LogP contribution in [0, 0.1) is 0 Å². The normalized spacial score (nSPS) is 13.1. The molecule has 2 rings (SSSR count). The number of halogens is 1. The lowest BCUT2D eigenvalue weighted by Crippen LogP contribution is -2.44. The van der Waals surface area contributed by atoms with Crippen LogP contribution in [0.1, 0.15) is 31.9 Å². The minimum absolute atomic E-state index is 0. The molecule has 0 aliphatic rings. The van der Waals surface area contributed by atoms with Gasteiger partial charge in [-0.1, -0.05) is 36.4 Å². The van der Waals surface area contributed by atoms with Crippen molar-refractivity contribution < 1.29 is 14.6 Å². The van der Waals surface area contributed by atoms with Crippen molar-refractivity contribution in [3.8, 4) is 11.5 Å². The summed E-state index contributed by atoms with van der Waals surface area (Å²) in [4.78, 5) is 4.62. The van der Waals surface area contributed by atoms with Crippen LogP contribution >= 0.6 is 24.0 Å². The molecule has 3 N–H and O–H groups in total. The van der Waals surface area contributed by atoms with Crippen molar-refractivity contribution in [3.05, 3.63) is 59.7 Å². The van der Waals surface area contributed by atoms with Gasteiger partial charge >= 0.3 is 0 Å². The van der Waals surface area contributed by atoms with Crippen LogP contribution in [0.2, 0.25) is 0 Å². The Morgan fingerprint density at radius 1 is 1.07 bits per heavy atom. The summed E-state index contributed by atoms with van der Waals surface area (Å²) in [7, 11) is 1.63. The number of aliphatic hydroxyl groups is 1. The molecule has 0 saturated heterocycles. The zero-order chi connectivity index (χ0) is 20.4. The van der Waals surface area contributed by atoms with Crippen molar-refractivity contribution in [1.82, 2.24) is 10.6 Å². The Morgan fingerprint density at radius 2 is 1.79 bits per heavy atom. The van der Waals surface area contributed by atoms with E-state index in [0.29, 0.717) is 37.2 Å². The molecular formula is C22H32IN3O3. The molecule has 7 heteroatoms. The lowest BCUT2D eigenvalue weighted by Gasteiger charge is -2.25. The van der Waals surface area contributed by atoms with E-state index in [2.05, 4.69) is 15.6 Å². The van der Waals surface area contributed by atoms with E-state index < -0.39 is 5.60 Å². The highest BCUT2D eigenvalue weighted by Gasteiger charge is 2.22. The van der Waals surface area contributed by atoms with Crippen molar-refractivity contribution in [2.45, 2.75) is 32.9 Å². The molecule has 0 saturated carbocycles. The number of nitrogens with one attached hydrogen (secondary N) is 2. The molecule has 0 amide bonds. The smallest absolute Gasteiger partial charge is 0.191 e. The first-order valence-electron chi connectivity index (χ1n) is 9.60. The molecule has 0 aromatic heterocycles. The topological polar surface area (TPSA) is 75.1 Å². The van der Waals surface area contributed by atoms with Crippen LogP contribution in [0.5, 0.6) is 11.5 Å². The average Bonchev–Trinajstić information content (AvgIpc) is 2.71. The fourth-order valence-corrected chi connectivity index (χ4v) is 2.75. The lowest BCUT2D eigenvalue weighted by molar-refractivity contribution is 0.0617. The molecule has 29 heavy (non-hydrogen) atoms. The van der Waals surface area contributed by atoms with Gasteiger partial charge in [-0.3, -0.25) is 0 Å². The minimum atomic E-state index is -1.00. The van der Waals surface area contributed by atoms with Gasteiger partial charge in [0, 0.05) is 6.54 Å². The first kappa shape index (κ1) is 25.0. The molecule has 160 valence electrons. The van der Waals surface area contributed by atoms with Crippen LogP contribution in [0.4, 0.5) is 0 Å². The number of hydrogen-bond acceptors (Lipinski definition) is 4. The third kappa shape index (κ3) is 7.74. The van der Waals surface area contributed by atoms with Crippen molar-refractivity contribution in [2.75, 3.05) is 26.8 Å². The maximum atomic E-state index is 10.8. The number of methoxy groups -OCH3 is 1. The molecule has 0 spiro atoms. The van der Waals surface area contributed by atoms with E-state index in [1.165, 1.54) is 0 Å². The fraction of sp³-hybridized carbons (Fsp3) is 0.409. The zero-order valence-corrected chi connectivity index (χ0v) is 19.9. The standard InChI is InChI=1S/C22H31N3O3.HI/c1-5-23-21(25-16-22(3,26)18-10-8-7-9-11-18)24-15-17-12-13-19(27-4)20(14-17)28-6-2;/h7-14,26H,5-6,15-16H2,1-4H3,(H2,23,24,25);1H. The van der Waals surface area contributed by atoms with E-state index in [1.54, 1.807) is 14.0 Å². The Bertz CT molecular complexity index is 767. The van der Waals surface area contributed by atoms with E-state index in [0.717, 1.165) is 17.7 Å². The van der Waals surface area contributed by atoms with E-state index in [4.69, 9.17) is 9.47 Å². The maximum absolute atomic E-state index is 10.8. The molecule has 0 aliphatic heterocycles. The SMILES string of the molecule is CCNC(=NCc1ccc(OC)c(OCC)c1)NCC(C)(O)c1ccccc1.I. The monoisotopic (exact) mass is 513 g/mol. The Morgan fingerprint density at radius 3 is 2.41 bits per heavy atom. The van der Waals surface area contributed by atoms with Gasteiger partial charge in [0.15, 0.2) is 17.5 Å². The van der Waals surface area contributed by atoms with Crippen LogP contribution in [-0.4, -0.2) is 37.9 Å². The molecule has 0 radical (unpaired) electrons. The van der Waals surface area contributed by atoms with Gasteiger partial charge in [0.2, 0.25) is 0 Å². The molecule has 0 heterocycles. The summed E-state index contributed by atoms with van der Waals surface area (Å²) in [5.74, 6) is 2.06. The highest BCUT2D eigenvalue weighted by molar-refractivity contribution is 14.0. The van der Waals surface area contributed by atoms with Crippen LogP contribution in [0.3, 0.4) is 0 Å². The van der Waals surface area contributed by atoms with E-state index in [1.807, 2.05) is 62.4 Å². The summed E-state index contributed by atoms with van der Waals surface area (Å²) in [6.07, 6.45) is 0. The Balaban J connectivity index is 0.00000420. The lowest BCUT2D eigenvalue weighted by atomic mass is 9.96. The molecular weight excluding hydrogens is 481 g/mol. The van der Waals surface area contributed by atoms with Crippen LogP contribution in [-0.2, 0) is 12.1 Å². The number of aliphatic imine (C=N–C) groups is 1. The Labute approximate surface area is 190 Å². The van der Waals surface area contributed by atoms with Gasteiger partial charge in [-0.25, -0.2) is 4.99 Å². The first-order valence-corrected chi connectivity index (χ1v) is 9.60. The third-order valence-corrected chi connectivity index (χ3v) is 4.29. The Kier molecular flexibility index (Phi) is 10.8. The molecule has 0 bridgehead atoms. The van der Waals surface area contributed by atoms with Crippen molar-refractivity contribution >= 4 is 29.9 Å². The predicted octanol–water partition coefficient (Wildman–Crippen LogP) is 3.67. The number of hydrogen-bond donors (Lipinski definition) is 3. The fourth-order valence-electron chi connectivity index (χ4n) is 2.75. The summed E-state index contributed by atoms with van der Waals surface area (Å²) >= 11 is 0. The van der Waals surface area contributed by atoms with Crippen LogP contribution < -0.4 is 20.1 Å². The number of benzene rings is 2. The van der Waals surface area contributed by atoms with Crippen LogP contribution in [0.25, 0.3) is 0 Å². The molecule has 1 unspecified atom stereocenters. The number of rotatable bonds is 9. The molecule has 2 aromatic carbocycles. The van der Waals surface area contributed by atoms with Crippen molar-refractivity contribution in [3.63, 3.8) is 0 Å². The summed E-state index contributed by atoms with van der Waals surface area (Å²) < 4.78 is 10.9. The molecule has 2 aromatic rings. The number of nitrogens with zero attached hydrogens (tertiary/aromatic N) is 1. The second kappa shape index (κ2) is 12.5. The quantitative estimate of drug-likeness (QED) is 0.271. The van der Waals surface area contributed by atoms with Gasteiger partial charge in [-0.2, -0.15) is 0 Å². The van der Waals surface area contributed by atoms with Gasteiger partial charge in [0.05, 0.1) is 26.8 Å². The third-order valence-electron chi connectivity index (χ3n) is 4.29. The highest BCUT2D eigenvalue weighted by atomic mass is 127. The second-order valence-electron chi connectivity index (χ2n) is 6.61. The molecule has 0 fully saturated rings. The van der Waals surface area contributed by atoms with Gasteiger partial charge in [-0.05, 0) is 44.0 Å². The van der Waals surface area contributed by atoms with E-state index >= 15 is 0 Å². The predicted molar refractivity (Wildman–Crippen MR) is 128 cm³/mol. The summed E-state index contributed by atoms with van der Waals surface area (Å²) in [5.41, 5.74) is 0.866. The number of guanidine groups is 1. The molecule has 0 aliphatic carbocycles. The van der Waals surface area contributed by atoms with E-state index in [9.17, 15) is 5.11 Å². The average molecular weight is 513 g/mol. The number of ether oxygens (including phenoxy) is 2. The minimum Gasteiger partial charge on any atom is -0.493 e. The molecule has 6 nitrogen and oxygen atoms in total. The second-order valence-corrected chi connectivity index (χ2v) is 6.61. The summed E-state index contributed by atoms with van der Waals surface area (Å²) in [6, 6.07) is 15.4. The van der Waals surface area contributed by atoms with Gasteiger partial charge in [-0.15, -0.1) is 24.0 Å². The van der Waals surface area contributed by atoms with Crippen molar-refractivity contribution in [1.29, 1.82) is 0 Å². The summed E-state index contributed by atoms with van der Waals surface area (Å²) in [6.45, 7) is 7.86. The van der Waals surface area contributed by atoms with Crippen LogP contribution in [0.15, 0.2) is 53.5 Å². The van der Waals surface area contributed by atoms with Crippen molar-refractivity contribution in [2.24, 2.45) is 4.99 Å². The highest BCUT2D eigenvalue weighted by Crippen LogP contribution is 2.28. The summed E-state index contributed by atoms with van der Waals surface area (Å²) in [5, 5.41) is 17.2. The Hall–Kier alpha value is -2.00. The van der Waals surface area contributed by atoms with Gasteiger partial charge in [0.1, 0.15) is 5.60 Å². The zero-order valence-electron chi connectivity index (χ0n) is 17.6. The van der Waals surface area contributed by atoms with E-state index in [-0.39, 0.29) is 24.0 Å².